The molecule has 0 spiro atoms. The molecule has 2 atom stereocenters. The third-order valence-corrected chi connectivity index (χ3v) is 8.64. The Balaban J connectivity index is 1.29. The highest BCUT2D eigenvalue weighted by atomic mass is 32.1. The minimum absolute atomic E-state index is 0.0297. The molecule has 0 radical (unpaired) electrons. The number of halogens is 4. The lowest BCUT2D eigenvalue weighted by molar-refractivity contribution is -0.137. The van der Waals surface area contributed by atoms with E-state index >= 15 is 4.39 Å². The Morgan fingerprint density at radius 2 is 1.78 bits per heavy atom. The van der Waals surface area contributed by atoms with Crippen LogP contribution in [0, 0.1) is 5.82 Å². The SMILES string of the molecule is Fc1cc(C(F)(F)F)ccc1-c1nc([C@H]2CCO[C@@H](c3c[nH]nc3C3CC3)C2)nc2nc(C3CC3)sc12. The van der Waals surface area contributed by atoms with Crippen molar-refractivity contribution in [3.63, 3.8) is 0 Å². The molecule has 1 saturated heterocycles. The van der Waals surface area contributed by atoms with Crippen LogP contribution in [0.15, 0.2) is 24.4 Å². The van der Waals surface area contributed by atoms with Crippen LogP contribution in [0.1, 0.15) is 90.0 Å². The minimum Gasteiger partial charge on any atom is -0.373 e. The third kappa shape index (κ3) is 4.31. The Hall–Kier alpha value is -2.92. The first-order valence-corrected chi connectivity index (χ1v) is 13.4. The van der Waals surface area contributed by atoms with E-state index in [1.807, 2.05) is 6.20 Å². The highest BCUT2D eigenvalue weighted by Crippen LogP contribution is 2.47. The molecule has 37 heavy (non-hydrogen) atoms. The first-order chi connectivity index (χ1) is 17.8. The average Bonchev–Trinajstić information content (AvgIpc) is 3.82. The Morgan fingerprint density at radius 1 is 0.973 bits per heavy atom. The molecule has 0 unspecified atom stereocenters. The number of hydrogen-bond donors (Lipinski definition) is 1. The van der Waals surface area contributed by atoms with Crippen LogP contribution < -0.4 is 0 Å². The van der Waals surface area contributed by atoms with E-state index in [1.54, 1.807) is 0 Å². The van der Waals surface area contributed by atoms with Gasteiger partial charge in [-0.3, -0.25) is 5.10 Å². The van der Waals surface area contributed by atoms with Gasteiger partial charge in [0.15, 0.2) is 5.65 Å². The van der Waals surface area contributed by atoms with Crippen molar-refractivity contribution in [3.05, 3.63) is 57.9 Å². The molecule has 11 heteroatoms. The highest BCUT2D eigenvalue weighted by Gasteiger charge is 2.36. The number of rotatable bonds is 5. The summed E-state index contributed by atoms with van der Waals surface area (Å²) in [4.78, 5) is 14.3. The third-order valence-electron chi connectivity index (χ3n) is 7.43. The van der Waals surface area contributed by atoms with Gasteiger partial charge in [0, 0.05) is 41.7 Å². The quantitative estimate of drug-likeness (QED) is 0.281. The van der Waals surface area contributed by atoms with Crippen LogP contribution in [0.3, 0.4) is 0 Å². The Labute approximate surface area is 213 Å². The van der Waals surface area contributed by atoms with Crippen LogP contribution in [0.5, 0.6) is 0 Å². The van der Waals surface area contributed by atoms with Gasteiger partial charge in [0.1, 0.15) is 16.3 Å². The van der Waals surface area contributed by atoms with Crippen molar-refractivity contribution in [2.45, 2.75) is 68.6 Å². The van der Waals surface area contributed by atoms with Gasteiger partial charge < -0.3 is 4.74 Å². The average molecular weight is 530 g/mol. The molecule has 1 aromatic carbocycles. The number of aromatic amines is 1. The molecule has 4 heterocycles. The zero-order valence-electron chi connectivity index (χ0n) is 19.7. The molecule has 0 bridgehead atoms. The summed E-state index contributed by atoms with van der Waals surface area (Å²) < 4.78 is 61.4. The second-order valence-electron chi connectivity index (χ2n) is 10.2. The summed E-state index contributed by atoms with van der Waals surface area (Å²) in [5, 5.41) is 8.34. The van der Waals surface area contributed by atoms with E-state index in [1.165, 1.54) is 17.4 Å². The number of ether oxygens (including phenoxy) is 1. The van der Waals surface area contributed by atoms with E-state index in [9.17, 15) is 13.2 Å². The maximum Gasteiger partial charge on any atom is 0.416 e. The van der Waals surface area contributed by atoms with Gasteiger partial charge in [-0.25, -0.2) is 19.3 Å². The molecule has 2 aliphatic carbocycles. The molecular formula is C26H23F4N5OS. The maximum absolute atomic E-state index is 15.1. The van der Waals surface area contributed by atoms with Gasteiger partial charge in [-0.2, -0.15) is 18.3 Å². The second-order valence-corrected chi connectivity index (χ2v) is 11.2. The van der Waals surface area contributed by atoms with Crippen LogP contribution in [0.4, 0.5) is 17.6 Å². The summed E-state index contributed by atoms with van der Waals surface area (Å²) in [6.07, 6.45) is 2.78. The van der Waals surface area contributed by atoms with Crippen LogP contribution in [-0.4, -0.2) is 31.8 Å². The number of hydrogen-bond acceptors (Lipinski definition) is 6. The first kappa shape index (κ1) is 23.2. The topological polar surface area (TPSA) is 76.6 Å². The smallest absolute Gasteiger partial charge is 0.373 e. The fourth-order valence-electron chi connectivity index (χ4n) is 5.11. The van der Waals surface area contributed by atoms with E-state index in [2.05, 4.69) is 10.2 Å². The van der Waals surface area contributed by atoms with Gasteiger partial charge in [-0.15, -0.1) is 11.3 Å². The van der Waals surface area contributed by atoms with Crippen LogP contribution >= 0.6 is 11.3 Å². The summed E-state index contributed by atoms with van der Waals surface area (Å²) in [5.41, 5.74) is 1.91. The van der Waals surface area contributed by atoms with Crippen molar-refractivity contribution in [1.82, 2.24) is 25.1 Å². The molecule has 3 aromatic heterocycles. The van der Waals surface area contributed by atoms with E-state index in [0.29, 0.717) is 59.2 Å². The van der Waals surface area contributed by atoms with Gasteiger partial charge in [-0.05, 0) is 56.7 Å². The summed E-state index contributed by atoms with van der Waals surface area (Å²) >= 11 is 1.41. The number of alkyl halides is 3. The number of fused-ring (bicyclic) bond motifs is 1. The van der Waals surface area contributed by atoms with Gasteiger partial charge in [-0.1, -0.05) is 0 Å². The number of aromatic nitrogens is 5. The lowest BCUT2D eigenvalue weighted by atomic mass is 9.90. The molecule has 2 saturated carbocycles. The van der Waals surface area contributed by atoms with Gasteiger partial charge in [0.25, 0.3) is 0 Å². The molecule has 3 aliphatic rings. The molecule has 1 aliphatic heterocycles. The van der Waals surface area contributed by atoms with Gasteiger partial charge in [0.05, 0.1) is 28.1 Å². The largest absolute Gasteiger partial charge is 0.416 e. The summed E-state index contributed by atoms with van der Waals surface area (Å²) in [7, 11) is 0. The predicted octanol–water partition coefficient (Wildman–Crippen LogP) is 7.02. The molecule has 4 aromatic rings. The van der Waals surface area contributed by atoms with Crippen molar-refractivity contribution >= 4 is 21.7 Å². The summed E-state index contributed by atoms with van der Waals surface area (Å²) in [6.45, 7) is 0.514. The number of H-pyrrole nitrogens is 1. The Kier molecular flexibility index (Phi) is 5.37. The van der Waals surface area contributed by atoms with E-state index in [0.717, 1.165) is 48.0 Å². The molecule has 6 nitrogen and oxygen atoms in total. The number of benzene rings is 1. The van der Waals surface area contributed by atoms with Crippen molar-refractivity contribution < 1.29 is 22.3 Å². The van der Waals surface area contributed by atoms with Crippen molar-refractivity contribution in [2.75, 3.05) is 6.61 Å². The fraction of sp³-hybridized carbons (Fsp3) is 0.462. The zero-order chi connectivity index (χ0) is 25.3. The zero-order valence-corrected chi connectivity index (χ0v) is 20.5. The number of nitrogens with one attached hydrogen (secondary N) is 1. The van der Waals surface area contributed by atoms with Gasteiger partial charge >= 0.3 is 6.18 Å². The lowest BCUT2D eigenvalue weighted by Gasteiger charge is -2.29. The Bertz CT molecular complexity index is 1490. The van der Waals surface area contributed by atoms with Gasteiger partial charge in [0.2, 0.25) is 0 Å². The van der Waals surface area contributed by atoms with E-state index in [-0.39, 0.29) is 17.6 Å². The highest BCUT2D eigenvalue weighted by molar-refractivity contribution is 7.19. The molecule has 0 amide bonds. The summed E-state index contributed by atoms with van der Waals surface area (Å²) in [6, 6.07) is 2.60. The standard InChI is InChI=1S/C26H23F4N5OS/c27-18-10-15(26(28,29)30)5-6-16(18)21-22-24(34-25(37-22)13-3-4-13)33-23(32-21)14-7-8-36-19(9-14)17-11-31-35-20(17)12-1-2-12/h5-6,10-14,19H,1-4,7-9H2,(H,31,35)/t14-,19+/m0/s1. The van der Waals surface area contributed by atoms with Crippen LogP contribution in [0.25, 0.3) is 21.6 Å². The number of thiazole rings is 1. The Morgan fingerprint density at radius 3 is 2.51 bits per heavy atom. The van der Waals surface area contributed by atoms with Crippen LogP contribution in [0.2, 0.25) is 0 Å². The maximum atomic E-state index is 15.1. The van der Waals surface area contributed by atoms with Crippen molar-refractivity contribution in [2.24, 2.45) is 0 Å². The van der Waals surface area contributed by atoms with E-state index in [4.69, 9.17) is 19.7 Å². The molecular weight excluding hydrogens is 506 g/mol. The molecule has 192 valence electrons. The first-order valence-electron chi connectivity index (χ1n) is 12.6. The molecule has 1 N–H and O–H groups in total. The van der Waals surface area contributed by atoms with Crippen molar-refractivity contribution in [1.29, 1.82) is 0 Å². The molecule has 7 rings (SSSR count). The lowest BCUT2D eigenvalue weighted by Crippen LogP contribution is -2.21. The second kappa shape index (κ2) is 8.56. The minimum atomic E-state index is -4.63. The van der Waals surface area contributed by atoms with E-state index < -0.39 is 17.6 Å². The van der Waals surface area contributed by atoms with Crippen LogP contribution in [-0.2, 0) is 10.9 Å². The normalized spacial score (nSPS) is 22.6. The fourth-order valence-corrected chi connectivity index (χ4v) is 6.29. The number of nitrogens with zero attached hydrogens (tertiary/aromatic N) is 4. The molecule has 3 fully saturated rings. The van der Waals surface area contributed by atoms with Crippen molar-refractivity contribution in [3.8, 4) is 11.3 Å². The predicted molar refractivity (Wildman–Crippen MR) is 129 cm³/mol. The monoisotopic (exact) mass is 529 g/mol. The summed E-state index contributed by atoms with van der Waals surface area (Å²) in [5.74, 6) is 0.344.